The molecule has 0 aliphatic heterocycles. The molecule has 0 spiro atoms. The first-order chi connectivity index (χ1) is 14.2. The van der Waals surface area contributed by atoms with Crippen LogP contribution < -0.4 is 4.74 Å². The third-order valence-electron chi connectivity index (χ3n) is 5.43. The van der Waals surface area contributed by atoms with Crippen LogP contribution in [-0.2, 0) is 6.54 Å². The predicted octanol–water partition coefficient (Wildman–Crippen LogP) is 6.22. The Kier molecular flexibility index (Phi) is 4.28. The fourth-order valence-electron chi connectivity index (χ4n) is 3.94. The number of imidazole rings is 1. The Morgan fingerprint density at radius 2 is 1.66 bits per heavy atom. The molecule has 0 aliphatic rings. The molecule has 4 aromatic carbocycles. The first kappa shape index (κ1) is 17.5. The number of benzene rings is 4. The zero-order valence-corrected chi connectivity index (χ0v) is 16.6. The number of ether oxygens (including phenoxy) is 1. The van der Waals surface area contributed by atoms with E-state index in [1.807, 2.05) is 12.1 Å². The van der Waals surface area contributed by atoms with Crippen LogP contribution in [0.2, 0.25) is 0 Å². The molecule has 3 heteroatoms. The molecule has 0 saturated carbocycles. The van der Waals surface area contributed by atoms with Crippen molar-refractivity contribution in [2.75, 3.05) is 7.11 Å². The molecule has 29 heavy (non-hydrogen) atoms. The second kappa shape index (κ2) is 7.10. The highest BCUT2D eigenvalue weighted by molar-refractivity contribution is 5.97. The van der Waals surface area contributed by atoms with E-state index in [0.29, 0.717) is 0 Å². The maximum absolute atomic E-state index is 5.31. The Balaban J connectivity index is 1.73. The minimum absolute atomic E-state index is 0.752. The number of rotatable bonds is 4. The summed E-state index contributed by atoms with van der Waals surface area (Å²) in [7, 11) is 1.69. The minimum atomic E-state index is 0.752. The first-order valence-electron chi connectivity index (χ1n) is 9.81. The molecule has 1 heterocycles. The molecule has 1 aromatic heterocycles. The summed E-state index contributed by atoms with van der Waals surface area (Å²) in [5.74, 6) is 1.87. The summed E-state index contributed by atoms with van der Waals surface area (Å²) in [6.07, 6.45) is 0. The van der Waals surface area contributed by atoms with Crippen LogP contribution in [0.4, 0.5) is 0 Å². The highest BCUT2D eigenvalue weighted by Gasteiger charge is 2.15. The van der Waals surface area contributed by atoms with Gasteiger partial charge in [-0.3, -0.25) is 0 Å². The normalized spacial score (nSPS) is 11.2. The van der Waals surface area contributed by atoms with Crippen molar-refractivity contribution in [3.63, 3.8) is 0 Å². The molecule has 0 bridgehead atoms. The maximum atomic E-state index is 5.31. The van der Waals surface area contributed by atoms with Gasteiger partial charge in [0.25, 0.3) is 0 Å². The van der Waals surface area contributed by atoms with Crippen LogP contribution in [0.5, 0.6) is 5.75 Å². The molecule has 5 aromatic rings. The zero-order valence-electron chi connectivity index (χ0n) is 16.6. The van der Waals surface area contributed by atoms with E-state index >= 15 is 0 Å². The summed E-state index contributed by atoms with van der Waals surface area (Å²) in [6, 6.07) is 29.7. The van der Waals surface area contributed by atoms with Gasteiger partial charge in [0.1, 0.15) is 11.6 Å². The van der Waals surface area contributed by atoms with Gasteiger partial charge in [0.05, 0.1) is 18.1 Å². The van der Waals surface area contributed by atoms with Crippen LogP contribution in [0.25, 0.3) is 33.2 Å². The highest BCUT2D eigenvalue weighted by Crippen LogP contribution is 2.32. The fraction of sp³-hybridized carbons (Fsp3) is 0.115. The smallest absolute Gasteiger partial charge is 0.142 e. The highest BCUT2D eigenvalue weighted by atomic mass is 16.5. The molecule has 0 atom stereocenters. The summed E-state index contributed by atoms with van der Waals surface area (Å²) in [5.41, 5.74) is 5.77. The maximum Gasteiger partial charge on any atom is 0.142 e. The summed E-state index contributed by atoms with van der Waals surface area (Å²) >= 11 is 0. The second-order valence-corrected chi connectivity index (χ2v) is 7.39. The Labute approximate surface area is 170 Å². The van der Waals surface area contributed by atoms with Crippen molar-refractivity contribution in [1.29, 1.82) is 0 Å². The number of nitrogens with zero attached hydrogens (tertiary/aromatic N) is 2. The van der Waals surface area contributed by atoms with Crippen molar-refractivity contribution in [3.05, 3.63) is 96.1 Å². The average molecular weight is 378 g/mol. The van der Waals surface area contributed by atoms with Crippen molar-refractivity contribution in [2.24, 2.45) is 0 Å². The molecule has 0 aliphatic carbocycles. The van der Waals surface area contributed by atoms with Gasteiger partial charge in [-0.2, -0.15) is 0 Å². The zero-order chi connectivity index (χ0) is 19.8. The lowest BCUT2D eigenvalue weighted by molar-refractivity contribution is 0.414. The molecule has 142 valence electrons. The lowest BCUT2D eigenvalue weighted by Crippen LogP contribution is -2.02. The van der Waals surface area contributed by atoms with Gasteiger partial charge < -0.3 is 9.30 Å². The van der Waals surface area contributed by atoms with Crippen LogP contribution in [-0.4, -0.2) is 16.7 Å². The molecule has 0 saturated heterocycles. The Morgan fingerprint density at radius 3 is 2.48 bits per heavy atom. The fourth-order valence-corrected chi connectivity index (χ4v) is 3.94. The second-order valence-electron chi connectivity index (χ2n) is 7.39. The summed E-state index contributed by atoms with van der Waals surface area (Å²) in [4.78, 5) is 5.06. The van der Waals surface area contributed by atoms with Crippen molar-refractivity contribution >= 4 is 21.8 Å². The van der Waals surface area contributed by atoms with E-state index in [2.05, 4.69) is 84.3 Å². The van der Waals surface area contributed by atoms with E-state index in [9.17, 15) is 0 Å². The van der Waals surface area contributed by atoms with E-state index < -0.39 is 0 Å². The van der Waals surface area contributed by atoms with Gasteiger partial charge >= 0.3 is 0 Å². The number of hydrogen-bond donors (Lipinski definition) is 0. The van der Waals surface area contributed by atoms with Crippen LogP contribution in [0, 0.1) is 6.92 Å². The predicted molar refractivity (Wildman–Crippen MR) is 120 cm³/mol. The summed E-state index contributed by atoms with van der Waals surface area (Å²) in [5, 5.41) is 2.45. The number of hydrogen-bond acceptors (Lipinski definition) is 2. The monoisotopic (exact) mass is 378 g/mol. The van der Waals surface area contributed by atoms with E-state index in [-0.39, 0.29) is 0 Å². The van der Waals surface area contributed by atoms with Gasteiger partial charge in [-0.25, -0.2) is 4.98 Å². The van der Waals surface area contributed by atoms with Crippen LogP contribution in [0.1, 0.15) is 11.1 Å². The van der Waals surface area contributed by atoms with E-state index in [1.165, 1.54) is 21.9 Å². The average Bonchev–Trinajstić information content (AvgIpc) is 3.11. The number of fused-ring (bicyclic) bond motifs is 2. The molecule has 5 rings (SSSR count). The molecule has 3 nitrogen and oxygen atoms in total. The van der Waals surface area contributed by atoms with Crippen molar-refractivity contribution in [3.8, 4) is 17.1 Å². The number of methoxy groups -OCH3 is 1. The lowest BCUT2D eigenvalue weighted by atomic mass is 10.0. The largest absolute Gasteiger partial charge is 0.497 e. The van der Waals surface area contributed by atoms with Gasteiger partial charge in [0.2, 0.25) is 0 Å². The van der Waals surface area contributed by atoms with E-state index in [4.69, 9.17) is 9.72 Å². The standard InChI is InChI=1S/C26H22N2O/c1-18-10-15-25-24(16-18)27-26(23-9-5-7-20-6-3-4-8-22(20)23)28(25)17-19-11-13-21(29-2)14-12-19/h3-16H,17H2,1-2H3. The minimum Gasteiger partial charge on any atom is -0.497 e. The van der Waals surface area contributed by atoms with Crippen LogP contribution in [0.3, 0.4) is 0 Å². The molecule has 0 amide bonds. The molecular weight excluding hydrogens is 356 g/mol. The topological polar surface area (TPSA) is 27.1 Å². The molecule has 0 fully saturated rings. The van der Waals surface area contributed by atoms with Gasteiger partial charge in [-0.05, 0) is 53.1 Å². The third-order valence-corrected chi connectivity index (χ3v) is 5.43. The van der Waals surface area contributed by atoms with Gasteiger partial charge in [-0.1, -0.05) is 60.7 Å². The van der Waals surface area contributed by atoms with Crippen LogP contribution in [0.15, 0.2) is 84.9 Å². The van der Waals surface area contributed by atoms with Gasteiger partial charge in [-0.15, -0.1) is 0 Å². The lowest BCUT2D eigenvalue weighted by Gasteiger charge is -2.12. The molecule has 0 radical (unpaired) electrons. The Hall–Kier alpha value is -3.59. The van der Waals surface area contributed by atoms with E-state index in [1.54, 1.807) is 7.11 Å². The quantitative estimate of drug-likeness (QED) is 0.371. The van der Waals surface area contributed by atoms with Crippen molar-refractivity contribution in [2.45, 2.75) is 13.5 Å². The Bertz CT molecular complexity index is 1310. The molecular formula is C26H22N2O. The summed E-state index contributed by atoms with van der Waals surface area (Å²) in [6.45, 7) is 2.86. The first-order valence-corrected chi connectivity index (χ1v) is 9.81. The van der Waals surface area contributed by atoms with Gasteiger partial charge in [0.15, 0.2) is 0 Å². The van der Waals surface area contributed by atoms with Gasteiger partial charge in [0, 0.05) is 12.1 Å². The SMILES string of the molecule is COc1ccc(Cn2c(-c3cccc4ccccc34)nc3cc(C)ccc32)cc1. The third kappa shape index (κ3) is 3.15. The van der Waals surface area contributed by atoms with Crippen molar-refractivity contribution < 1.29 is 4.74 Å². The van der Waals surface area contributed by atoms with Crippen molar-refractivity contribution in [1.82, 2.24) is 9.55 Å². The summed E-state index contributed by atoms with van der Waals surface area (Å²) < 4.78 is 7.63. The molecule has 0 N–H and O–H groups in total. The molecule has 0 unspecified atom stereocenters. The Morgan fingerprint density at radius 1 is 0.862 bits per heavy atom. The number of aromatic nitrogens is 2. The number of aryl methyl sites for hydroxylation is 1. The van der Waals surface area contributed by atoms with Crippen LogP contribution >= 0.6 is 0 Å². The van der Waals surface area contributed by atoms with E-state index in [0.717, 1.165) is 34.7 Å².